The lowest BCUT2D eigenvalue weighted by Crippen LogP contribution is -2.10. The fourth-order valence-electron chi connectivity index (χ4n) is 2.06. The summed E-state index contributed by atoms with van der Waals surface area (Å²) in [5.74, 6) is 0.440. The molecule has 0 amide bonds. The van der Waals surface area contributed by atoms with Crippen LogP contribution >= 0.6 is 27.5 Å². The van der Waals surface area contributed by atoms with E-state index in [9.17, 15) is 4.39 Å². The first-order chi connectivity index (χ1) is 10.0. The van der Waals surface area contributed by atoms with Crippen molar-refractivity contribution < 1.29 is 9.13 Å². The molecule has 1 N–H and O–H groups in total. The number of hydrogen-bond donors (Lipinski definition) is 1. The van der Waals surface area contributed by atoms with Crippen LogP contribution in [0.25, 0.3) is 0 Å². The van der Waals surface area contributed by atoms with Gasteiger partial charge in [-0.3, -0.25) is 0 Å². The van der Waals surface area contributed by atoms with E-state index in [0.717, 1.165) is 5.69 Å². The van der Waals surface area contributed by atoms with Gasteiger partial charge in [-0.1, -0.05) is 33.6 Å². The van der Waals surface area contributed by atoms with E-state index < -0.39 is 0 Å². The van der Waals surface area contributed by atoms with Crippen LogP contribution < -0.4 is 10.1 Å². The van der Waals surface area contributed by atoms with Crippen LogP contribution in [-0.2, 0) is 0 Å². The standard InChI is InChI=1S/C16H16BrClFNO/c1-3-21-16-7-5-12(18)9-15(16)20-10(2)13-6-4-11(17)8-14(13)19/h4-10,20H,3H2,1-2H3. The van der Waals surface area contributed by atoms with Crippen molar-refractivity contribution >= 4 is 33.2 Å². The van der Waals surface area contributed by atoms with Crippen molar-refractivity contribution in [1.29, 1.82) is 0 Å². The maximum absolute atomic E-state index is 14.0. The molecule has 0 bridgehead atoms. The smallest absolute Gasteiger partial charge is 0.142 e. The summed E-state index contributed by atoms with van der Waals surface area (Å²) >= 11 is 9.28. The van der Waals surface area contributed by atoms with Gasteiger partial charge >= 0.3 is 0 Å². The molecule has 0 aliphatic rings. The predicted octanol–water partition coefficient (Wildman–Crippen LogP) is 5.81. The van der Waals surface area contributed by atoms with Crippen molar-refractivity contribution in [2.75, 3.05) is 11.9 Å². The summed E-state index contributed by atoms with van der Waals surface area (Å²) in [6, 6.07) is 10.2. The molecule has 0 radical (unpaired) electrons. The minimum atomic E-state index is -0.260. The van der Waals surface area contributed by atoms with Gasteiger partial charge in [-0.25, -0.2) is 4.39 Å². The van der Waals surface area contributed by atoms with E-state index in [0.29, 0.717) is 27.4 Å². The van der Waals surface area contributed by atoms with Crippen molar-refractivity contribution in [1.82, 2.24) is 0 Å². The quantitative estimate of drug-likeness (QED) is 0.714. The highest BCUT2D eigenvalue weighted by Gasteiger charge is 2.13. The highest BCUT2D eigenvalue weighted by molar-refractivity contribution is 9.10. The van der Waals surface area contributed by atoms with Crippen molar-refractivity contribution in [3.05, 3.63) is 57.3 Å². The van der Waals surface area contributed by atoms with Crippen molar-refractivity contribution in [2.24, 2.45) is 0 Å². The number of hydrogen-bond acceptors (Lipinski definition) is 2. The molecule has 0 saturated carbocycles. The average molecular weight is 373 g/mol. The first kappa shape index (κ1) is 16.1. The number of nitrogens with one attached hydrogen (secondary N) is 1. The molecule has 0 aliphatic heterocycles. The Kier molecular flexibility index (Phi) is 5.48. The number of benzene rings is 2. The van der Waals surface area contributed by atoms with E-state index in [1.54, 1.807) is 24.3 Å². The highest BCUT2D eigenvalue weighted by Crippen LogP contribution is 2.32. The Hall–Kier alpha value is -1.26. The van der Waals surface area contributed by atoms with Crippen LogP contribution in [0.1, 0.15) is 25.5 Å². The van der Waals surface area contributed by atoms with Crippen LogP contribution in [-0.4, -0.2) is 6.61 Å². The molecule has 21 heavy (non-hydrogen) atoms. The Labute approximate surface area is 137 Å². The molecule has 2 aromatic carbocycles. The van der Waals surface area contributed by atoms with Gasteiger partial charge in [0.2, 0.25) is 0 Å². The lowest BCUT2D eigenvalue weighted by atomic mass is 10.1. The highest BCUT2D eigenvalue weighted by atomic mass is 79.9. The third-order valence-electron chi connectivity index (χ3n) is 3.04. The Morgan fingerprint density at radius 2 is 2.05 bits per heavy atom. The van der Waals surface area contributed by atoms with Crippen LogP contribution in [0.4, 0.5) is 10.1 Å². The van der Waals surface area contributed by atoms with Gasteiger partial charge in [-0.05, 0) is 44.2 Å². The molecule has 112 valence electrons. The molecule has 0 fully saturated rings. The molecule has 0 heterocycles. The van der Waals surface area contributed by atoms with Gasteiger partial charge in [0.1, 0.15) is 11.6 Å². The number of halogens is 3. The van der Waals surface area contributed by atoms with Gasteiger partial charge in [-0.2, -0.15) is 0 Å². The zero-order valence-electron chi connectivity index (χ0n) is 11.8. The minimum absolute atomic E-state index is 0.212. The van der Waals surface area contributed by atoms with Crippen LogP contribution in [0.5, 0.6) is 5.75 Å². The summed E-state index contributed by atoms with van der Waals surface area (Å²) in [5, 5.41) is 3.85. The largest absolute Gasteiger partial charge is 0.492 e. The average Bonchev–Trinajstić information content (AvgIpc) is 2.41. The second-order valence-corrected chi connectivity index (χ2v) is 5.96. The lowest BCUT2D eigenvalue weighted by Gasteiger charge is -2.19. The second kappa shape index (κ2) is 7.14. The number of ether oxygens (including phenoxy) is 1. The molecule has 2 rings (SSSR count). The lowest BCUT2D eigenvalue weighted by molar-refractivity contribution is 0.341. The Morgan fingerprint density at radius 3 is 2.71 bits per heavy atom. The summed E-state index contributed by atoms with van der Waals surface area (Å²) < 4.78 is 20.3. The molecule has 0 aliphatic carbocycles. The molecule has 1 atom stereocenters. The Balaban J connectivity index is 2.26. The third kappa shape index (κ3) is 4.11. The Bertz CT molecular complexity index is 636. The van der Waals surface area contributed by atoms with Crippen LogP contribution in [0.15, 0.2) is 40.9 Å². The van der Waals surface area contributed by atoms with Crippen LogP contribution in [0, 0.1) is 5.82 Å². The van der Waals surface area contributed by atoms with Crippen molar-refractivity contribution in [3.63, 3.8) is 0 Å². The first-order valence-corrected chi connectivity index (χ1v) is 7.82. The van der Waals surface area contributed by atoms with Gasteiger partial charge in [0.25, 0.3) is 0 Å². The van der Waals surface area contributed by atoms with Gasteiger partial charge in [0.15, 0.2) is 0 Å². The molecular weight excluding hydrogens is 357 g/mol. The predicted molar refractivity (Wildman–Crippen MR) is 88.8 cm³/mol. The van der Waals surface area contributed by atoms with Crippen LogP contribution in [0.2, 0.25) is 5.02 Å². The summed E-state index contributed by atoms with van der Waals surface area (Å²) in [7, 11) is 0. The molecule has 2 nitrogen and oxygen atoms in total. The van der Waals surface area contributed by atoms with Crippen molar-refractivity contribution in [2.45, 2.75) is 19.9 Å². The van der Waals surface area contributed by atoms with E-state index in [4.69, 9.17) is 16.3 Å². The fourth-order valence-corrected chi connectivity index (χ4v) is 2.57. The molecule has 0 saturated heterocycles. The maximum Gasteiger partial charge on any atom is 0.142 e. The second-order valence-electron chi connectivity index (χ2n) is 4.61. The zero-order chi connectivity index (χ0) is 15.4. The Morgan fingerprint density at radius 1 is 1.29 bits per heavy atom. The molecule has 2 aromatic rings. The van der Waals surface area contributed by atoms with Gasteiger partial charge < -0.3 is 10.1 Å². The van der Waals surface area contributed by atoms with Crippen LogP contribution in [0.3, 0.4) is 0 Å². The summed E-state index contributed by atoms with van der Waals surface area (Å²) in [6.45, 7) is 4.36. The fraction of sp³-hybridized carbons (Fsp3) is 0.250. The molecule has 1 unspecified atom stereocenters. The summed E-state index contributed by atoms with van der Waals surface area (Å²) in [4.78, 5) is 0. The van der Waals surface area contributed by atoms with Gasteiger partial charge in [-0.15, -0.1) is 0 Å². The third-order valence-corrected chi connectivity index (χ3v) is 3.77. The summed E-state index contributed by atoms with van der Waals surface area (Å²) in [5.41, 5.74) is 1.33. The van der Waals surface area contributed by atoms with E-state index in [-0.39, 0.29) is 11.9 Å². The normalized spacial score (nSPS) is 12.0. The topological polar surface area (TPSA) is 21.3 Å². The molecule has 5 heteroatoms. The van der Waals surface area contributed by atoms with E-state index in [1.165, 1.54) is 6.07 Å². The minimum Gasteiger partial charge on any atom is -0.492 e. The molecule has 0 aromatic heterocycles. The van der Waals surface area contributed by atoms with Gasteiger partial charge in [0.05, 0.1) is 18.3 Å². The molecular formula is C16H16BrClFNO. The van der Waals surface area contributed by atoms with Crippen molar-refractivity contribution in [3.8, 4) is 5.75 Å². The first-order valence-electron chi connectivity index (χ1n) is 6.65. The number of rotatable bonds is 5. The monoisotopic (exact) mass is 371 g/mol. The van der Waals surface area contributed by atoms with Gasteiger partial charge in [0, 0.05) is 15.1 Å². The maximum atomic E-state index is 14.0. The number of anilines is 1. The zero-order valence-corrected chi connectivity index (χ0v) is 14.1. The SMILES string of the molecule is CCOc1ccc(Cl)cc1NC(C)c1ccc(Br)cc1F. The van der Waals surface area contributed by atoms with E-state index >= 15 is 0 Å². The molecule has 0 spiro atoms. The van der Waals surface area contributed by atoms with E-state index in [1.807, 2.05) is 19.9 Å². The van der Waals surface area contributed by atoms with E-state index in [2.05, 4.69) is 21.2 Å². The summed E-state index contributed by atoms with van der Waals surface area (Å²) in [6.07, 6.45) is 0.